The van der Waals surface area contributed by atoms with Gasteiger partial charge in [-0.15, -0.1) is 11.3 Å². The minimum Gasteiger partial charge on any atom is -0.381 e. The van der Waals surface area contributed by atoms with Crippen molar-refractivity contribution in [2.45, 2.75) is 32.0 Å². The summed E-state index contributed by atoms with van der Waals surface area (Å²) in [5.74, 6) is 0. The van der Waals surface area contributed by atoms with Gasteiger partial charge in [0.15, 0.2) is 0 Å². The minimum atomic E-state index is 0.491. The number of hydrogen-bond donors (Lipinski definition) is 1. The first kappa shape index (κ1) is 16.3. The third-order valence-electron chi connectivity index (χ3n) is 4.84. The molecule has 2 unspecified atom stereocenters. The van der Waals surface area contributed by atoms with Gasteiger partial charge in [0.2, 0.25) is 0 Å². The molecule has 1 fully saturated rings. The SMILES string of the molecule is CC1CC(Nc2cccc(-c3nccs3)c2)CN1Cc1ccccc1. The van der Waals surface area contributed by atoms with Gasteiger partial charge >= 0.3 is 0 Å². The number of likely N-dealkylation sites (tertiary alicyclic amines) is 1. The first-order chi connectivity index (χ1) is 12.3. The van der Waals surface area contributed by atoms with Crippen molar-refractivity contribution in [1.29, 1.82) is 0 Å². The molecule has 1 saturated heterocycles. The van der Waals surface area contributed by atoms with Gasteiger partial charge in [-0.3, -0.25) is 4.90 Å². The molecular formula is C21H23N3S. The molecule has 128 valence electrons. The average molecular weight is 350 g/mol. The van der Waals surface area contributed by atoms with Gasteiger partial charge in [0.05, 0.1) is 0 Å². The van der Waals surface area contributed by atoms with Gasteiger partial charge < -0.3 is 5.32 Å². The molecule has 25 heavy (non-hydrogen) atoms. The van der Waals surface area contributed by atoms with E-state index in [1.165, 1.54) is 23.2 Å². The first-order valence-corrected chi connectivity index (χ1v) is 9.70. The van der Waals surface area contributed by atoms with Crippen LogP contribution < -0.4 is 5.32 Å². The van der Waals surface area contributed by atoms with Crippen LogP contribution in [0.4, 0.5) is 5.69 Å². The highest BCUT2D eigenvalue weighted by Crippen LogP contribution is 2.27. The Bertz CT molecular complexity index is 801. The van der Waals surface area contributed by atoms with Gasteiger partial charge in [-0.1, -0.05) is 42.5 Å². The number of rotatable bonds is 5. The van der Waals surface area contributed by atoms with Crippen LogP contribution in [0.15, 0.2) is 66.2 Å². The Morgan fingerprint density at radius 2 is 2.04 bits per heavy atom. The van der Waals surface area contributed by atoms with E-state index >= 15 is 0 Å². The molecule has 1 aromatic heterocycles. The van der Waals surface area contributed by atoms with E-state index < -0.39 is 0 Å². The molecule has 2 heterocycles. The van der Waals surface area contributed by atoms with E-state index in [4.69, 9.17) is 0 Å². The van der Waals surface area contributed by atoms with Crippen molar-refractivity contribution in [3.8, 4) is 10.6 Å². The molecule has 0 bridgehead atoms. The number of anilines is 1. The molecule has 3 nitrogen and oxygen atoms in total. The number of thiazole rings is 1. The van der Waals surface area contributed by atoms with Crippen molar-refractivity contribution < 1.29 is 0 Å². The summed E-state index contributed by atoms with van der Waals surface area (Å²) in [7, 11) is 0. The van der Waals surface area contributed by atoms with Crippen molar-refractivity contribution in [3.05, 3.63) is 71.7 Å². The normalized spacial score (nSPS) is 20.7. The molecule has 4 rings (SSSR count). The molecule has 3 aromatic rings. The van der Waals surface area contributed by atoms with Crippen LogP contribution in [0.25, 0.3) is 10.6 Å². The van der Waals surface area contributed by atoms with Crippen LogP contribution in [-0.2, 0) is 6.54 Å². The second-order valence-corrected chi connectivity index (χ2v) is 7.65. The van der Waals surface area contributed by atoms with E-state index in [2.05, 4.69) is 76.7 Å². The second-order valence-electron chi connectivity index (χ2n) is 6.76. The van der Waals surface area contributed by atoms with Crippen LogP contribution in [0, 0.1) is 0 Å². The molecule has 2 atom stereocenters. The molecule has 1 aliphatic heterocycles. The van der Waals surface area contributed by atoms with Crippen LogP contribution in [0.1, 0.15) is 18.9 Å². The molecular weight excluding hydrogens is 326 g/mol. The van der Waals surface area contributed by atoms with E-state index in [0.29, 0.717) is 12.1 Å². The molecule has 0 radical (unpaired) electrons. The third kappa shape index (κ3) is 3.91. The fourth-order valence-electron chi connectivity index (χ4n) is 3.58. The van der Waals surface area contributed by atoms with Gasteiger partial charge in [-0.2, -0.15) is 0 Å². The summed E-state index contributed by atoms with van der Waals surface area (Å²) in [6, 6.07) is 20.4. The van der Waals surface area contributed by atoms with Crippen LogP contribution in [-0.4, -0.2) is 28.5 Å². The van der Waals surface area contributed by atoms with Crippen LogP contribution in [0.2, 0.25) is 0 Å². The molecule has 0 saturated carbocycles. The Balaban J connectivity index is 1.41. The average Bonchev–Trinajstić information content (AvgIpc) is 3.27. The highest BCUT2D eigenvalue weighted by Gasteiger charge is 2.28. The van der Waals surface area contributed by atoms with Crippen LogP contribution in [0.3, 0.4) is 0 Å². The fourth-order valence-corrected chi connectivity index (χ4v) is 4.22. The number of aromatic nitrogens is 1. The van der Waals surface area contributed by atoms with E-state index in [0.717, 1.165) is 18.1 Å². The molecule has 2 aromatic carbocycles. The zero-order valence-electron chi connectivity index (χ0n) is 14.4. The van der Waals surface area contributed by atoms with Crippen LogP contribution >= 0.6 is 11.3 Å². The zero-order valence-corrected chi connectivity index (χ0v) is 15.2. The summed E-state index contributed by atoms with van der Waals surface area (Å²) in [5.41, 5.74) is 3.76. The Labute approximate surface area is 153 Å². The Hall–Kier alpha value is -2.17. The first-order valence-electron chi connectivity index (χ1n) is 8.82. The lowest BCUT2D eigenvalue weighted by molar-refractivity contribution is 0.259. The molecule has 0 aliphatic carbocycles. The molecule has 1 aliphatic rings. The summed E-state index contributed by atoms with van der Waals surface area (Å²) in [5, 5.41) is 6.83. The monoisotopic (exact) mass is 349 g/mol. The van der Waals surface area contributed by atoms with Crippen molar-refractivity contribution in [3.63, 3.8) is 0 Å². The maximum Gasteiger partial charge on any atom is 0.123 e. The number of hydrogen-bond acceptors (Lipinski definition) is 4. The lowest BCUT2D eigenvalue weighted by atomic mass is 10.1. The maximum absolute atomic E-state index is 4.41. The maximum atomic E-state index is 4.41. The molecule has 4 heteroatoms. The van der Waals surface area contributed by atoms with Gasteiger partial charge in [0.1, 0.15) is 5.01 Å². The topological polar surface area (TPSA) is 28.2 Å². The van der Waals surface area contributed by atoms with Gasteiger partial charge in [0, 0.05) is 48.0 Å². The largest absolute Gasteiger partial charge is 0.381 e. The number of nitrogens with one attached hydrogen (secondary N) is 1. The van der Waals surface area contributed by atoms with Gasteiger partial charge in [-0.05, 0) is 31.0 Å². The molecule has 0 amide bonds. The standard InChI is InChI=1S/C21H23N3S/c1-16-12-20(15-24(16)14-17-6-3-2-4-7-17)23-19-9-5-8-18(13-19)21-22-10-11-25-21/h2-11,13,16,20,23H,12,14-15H2,1H3. The van der Waals surface area contributed by atoms with Crippen molar-refractivity contribution in [2.75, 3.05) is 11.9 Å². The predicted octanol–water partition coefficient (Wildman–Crippen LogP) is 4.89. The summed E-state index contributed by atoms with van der Waals surface area (Å²) in [4.78, 5) is 6.98. The van der Waals surface area contributed by atoms with E-state index in [9.17, 15) is 0 Å². The summed E-state index contributed by atoms with van der Waals surface area (Å²) < 4.78 is 0. The van der Waals surface area contributed by atoms with Crippen molar-refractivity contribution in [1.82, 2.24) is 9.88 Å². The Kier molecular flexibility index (Phi) is 4.81. The van der Waals surface area contributed by atoms with E-state index in [-0.39, 0.29) is 0 Å². The van der Waals surface area contributed by atoms with Crippen molar-refractivity contribution in [2.24, 2.45) is 0 Å². The highest BCUT2D eigenvalue weighted by molar-refractivity contribution is 7.13. The fraction of sp³-hybridized carbons (Fsp3) is 0.286. The van der Waals surface area contributed by atoms with E-state index in [1.54, 1.807) is 11.3 Å². The smallest absolute Gasteiger partial charge is 0.123 e. The Morgan fingerprint density at radius 1 is 1.16 bits per heavy atom. The van der Waals surface area contributed by atoms with Crippen LogP contribution in [0.5, 0.6) is 0 Å². The number of nitrogens with zero attached hydrogens (tertiary/aromatic N) is 2. The minimum absolute atomic E-state index is 0.491. The molecule has 0 spiro atoms. The van der Waals surface area contributed by atoms with Gasteiger partial charge in [0.25, 0.3) is 0 Å². The number of benzene rings is 2. The highest BCUT2D eigenvalue weighted by atomic mass is 32.1. The second kappa shape index (κ2) is 7.38. The zero-order chi connectivity index (χ0) is 17.1. The van der Waals surface area contributed by atoms with E-state index in [1.807, 2.05) is 11.6 Å². The summed E-state index contributed by atoms with van der Waals surface area (Å²) in [6.07, 6.45) is 3.04. The quantitative estimate of drug-likeness (QED) is 0.711. The van der Waals surface area contributed by atoms with Crippen molar-refractivity contribution >= 4 is 17.0 Å². The lowest BCUT2D eigenvalue weighted by Crippen LogP contribution is -2.28. The lowest BCUT2D eigenvalue weighted by Gasteiger charge is -2.21. The predicted molar refractivity (Wildman–Crippen MR) is 106 cm³/mol. The van der Waals surface area contributed by atoms with Gasteiger partial charge in [-0.25, -0.2) is 4.98 Å². The summed E-state index contributed by atoms with van der Waals surface area (Å²) in [6.45, 7) is 4.44. The third-order valence-corrected chi connectivity index (χ3v) is 5.67. The summed E-state index contributed by atoms with van der Waals surface area (Å²) >= 11 is 1.68. The molecule has 1 N–H and O–H groups in total. The Morgan fingerprint density at radius 3 is 2.84 bits per heavy atom.